The van der Waals surface area contributed by atoms with E-state index in [2.05, 4.69) is 4.90 Å². The number of morpholine rings is 1. The lowest BCUT2D eigenvalue weighted by Gasteiger charge is -2.46. The number of fused-ring (bicyclic) bond motifs is 3. The Bertz CT molecular complexity index is 1450. The zero-order valence-corrected chi connectivity index (χ0v) is 24.3. The van der Waals surface area contributed by atoms with Crippen LogP contribution in [-0.4, -0.2) is 112 Å². The van der Waals surface area contributed by atoms with Crippen LogP contribution in [0.1, 0.15) is 75.8 Å². The number of methoxy groups -OCH3 is 1. The van der Waals surface area contributed by atoms with Gasteiger partial charge in [-0.2, -0.15) is 0 Å². The van der Waals surface area contributed by atoms with E-state index in [1.54, 1.807) is 13.0 Å². The number of hydrogen-bond donors (Lipinski definition) is 5. The van der Waals surface area contributed by atoms with E-state index in [0.717, 1.165) is 0 Å². The minimum Gasteiger partial charge on any atom is -0.507 e. The van der Waals surface area contributed by atoms with Crippen LogP contribution < -0.4 is 4.74 Å². The fourth-order valence-corrected chi connectivity index (χ4v) is 6.95. The van der Waals surface area contributed by atoms with Crippen LogP contribution in [0, 0.1) is 0 Å². The molecule has 43 heavy (non-hydrogen) atoms. The molecule has 232 valence electrons. The smallest absolute Gasteiger partial charge is 0.202 e. The van der Waals surface area contributed by atoms with Crippen molar-refractivity contribution < 1.29 is 54.1 Å². The predicted molar refractivity (Wildman–Crippen MR) is 150 cm³/mol. The predicted octanol–water partition coefficient (Wildman–Crippen LogP) is 1.19. The Morgan fingerprint density at radius 3 is 2.44 bits per heavy atom. The third kappa shape index (κ3) is 4.81. The largest absolute Gasteiger partial charge is 0.507 e. The van der Waals surface area contributed by atoms with E-state index in [0.29, 0.717) is 26.3 Å². The summed E-state index contributed by atoms with van der Waals surface area (Å²) in [6.07, 6.45) is -5.01. The highest BCUT2D eigenvalue weighted by atomic mass is 16.7. The molecular weight excluding hydrogens is 562 g/mol. The van der Waals surface area contributed by atoms with Gasteiger partial charge in [-0.1, -0.05) is 12.1 Å². The number of phenols is 2. The van der Waals surface area contributed by atoms with Crippen LogP contribution in [0.5, 0.6) is 17.2 Å². The molecule has 4 aliphatic rings. The van der Waals surface area contributed by atoms with Gasteiger partial charge in [0.15, 0.2) is 12.1 Å². The molecule has 0 spiro atoms. The minimum absolute atomic E-state index is 0.00276. The van der Waals surface area contributed by atoms with Crippen molar-refractivity contribution in [2.45, 2.75) is 75.5 Å². The standard InChI is InChI=1S/C31H37NO11/c1-14-26(34)18(32-7-9-41-10-8-32)11-21(42-14)43-20-13-31(39,15(2)33)12-17-23(20)30(38)25-24(28(17)36)27(35)16-5-4-6-19(40-3)22(16)29(25)37/h4-6,14-15,18,20-21,26,33-34,36,38-39H,7-13H2,1-3H3/t14-,15?,18-,20?,21?,26+,31?/m0/s1. The molecule has 7 atom stereocenters. The van der Waals surface area contributed by atoms with Gasteiger partial charge in [0.05, 0.1) is 67.0 Å². The van der Waals surface area contributed by atoms with Gasteiger partial charge in [-0.25, -0.2) is 0 Å². The topological polar surface area (TPSA) is 175 Å². The highest BCUT2D eigenvalue weighted by molar-refractivity contribution is 6.31. The summed E-state index contributed by atoms with van der Waals surface area (Å²) in [5.41, 5.74) is -2.55. The molecule has 0 saturated carbocycles. The SMILES string of the molecule is COc1cccc2c1C(=O)c1c(O)c3c(c(O)c1C2=O)CC(O)(C(C)O)CC3OC1C[C@H](N2CCOCC2)[C@H](O)[C@H](C)O1. The number of hydrogen-bond acceptors (Lipinski definition) is 12. The first kappa shape index (κ1) is 29.9. The number of ether oxygens (including phenoxy) is 4. The molecule has 0 radical (unpaired) electrons. The van der Waals surface area contributed by atoms with Crippen molar-refractivity contribution in [2.75, 3.05) is 33.4 Å². The summed E-state index contributed by atoms with van der Waals surface area (Å²) in [5.74, 6) is -2.36. The van der Waals surface area contributed by atoms with Crippen molar-refractivity contribution in [2.24, 2.45) is 0 Å². The molecule has 0 amide bonds. The highest BCUT2D eigenvalue weighted by Gasteiger charge is 2.49. The lowest BCUT2D eigenvalue weighted by Crippen LogP contribution is -2.58. The maximum Gasteiger partial charge on any atom is 0.202 e. The van der Waals surface area contributed by atoms with Gasteiger partial charge in [-0.05, 0) is 19.9 Å². The summed E-state index contributed by atoms with van der Waals surface area (Å²) in [6, 6.07) is 4.20. The van der Waals surface area contributed by atoms with Crippen molar-refractivity contribution in [3.8, 4) is 17.2 Å². The fourth-order valence-electron chi connectivity index (χ4n) is 6.95. The third-order valence-electron chi connectivity index (χ3n) is 9.39. The molecule has 2 fully saturated rings. The molecule has 12 nitrogen and oxygen atoms in total. The van der Waals surface area contributed by atoms with E-state index >= 15 is 0 Å². The van der Waals surface area contributed by atoms with Crippen molar-refractivity contribution in [3.63, 3.8) is 0 Å². The number of ketones is 2. The van der Waals surface area contributed by atoms with Gasteiger partial charge in [0.1, 0.15) is 17.2 Å². The summed E-state index contributed by atoms with van der Waals surface area (Å²) in [7, 11) is 1.36. The lowest BCUT2D eigenvalue weighted by atomic mass is 9.71. The second-order valence-electron chi connectivity index (χ2n) is 11.9. The second-order valence-corrected chi connectivity index (χ2v) is 11.9. The molecule has 5 N–H and O–H groups in total. The molecular formula is C31H37NO11. The van der Waals surface area contributed by atoms with Crippen LogP contribution in [0.2, 0.25) is 0 Å². The van der Waals surface area contributed by atoms with Gasteiger partial charge in [-0.15, -0.1) is 0 Å². The van der Waals surface area contributed by atoms with Crippen molar-refractivity contribution in [1.29, 1.82) is 0 Å². The molecule has 6 rings (SSSR count). The van der Waals surface area contributed by atoms with Crippen LogP contribution in [0.4, 0.5) is 0 Å². The molecule has 2 aliphatic carbocycles. The lowest BCUT2D eigenvalue weighted by molar-refractivity contribution is -0.263. The maximum atomic E-state index is 13.8. The second kappa shape index (κ2) is 11.1. The van der Waals surface area contributed by atoms with Crippen molar-refractivity contribution >= 4 is 11.6 Å². The van der Waals surface area contributed by atoms with Gasteiger partial charge < -0.3 is 44.5 Å². The Hall–Kier alpha value is -3.10. The fraction of sp³-hybridized carbons (Fsp3) is 0.548. The quantitative estimate of drug-likeness (QED) is 0.265. The van der Waals surface area contributed by atoms with Crippen LogP contribution in [0.15, 0.2) is 18.2 Å². The Morgan fingerprint density at radius 2 is 1.77 bits per heavy atom. The van der Waals surface area contributed by atoms with E-state index < -0.39 is 59.4 Å². The molecule has 0 bridgehead atoms. The molecule has 2 heterocycles. The van der Waals surface area contributed by atoms with Crippen LogP contribution in [-0.2, 0) is 20.6 Å². The van der Waals surface area contributed by atoms with E-state index in [1.165, 1.54) is 26.2 Å². The van der Waals surface area contributed by atoms with Crippen LogP contribution >= 0.6 is 0 Å². The van der Waals surface area contributed by atoms with Gasteiger partial charge in [-0.3, -0.25) is 14.5 Å². The Kier molecular flexibility index (Phi) is 7.74. The van der Waals surface area contributed by atoms with E-state index in [4.69, 9.17) is 18.9 Å². The number of phenolic OH excluding ortho intramolecular Hbond substituents is 2. The molecule has 2 saturated heterocycles. The molecule has 2 aliphatic heterocycles. The van der Waals surface area contributed by atoms with Gasteiger partial charge in [0.25, 0.3) is 0 Å². The molecule has 2 aromatic carbocycles. The number of carbonyl (C=O) groups excluding carboxylic acids is 2. The number of rotatable bonds is 5. The monoisotopic (exact) mass is 599 g/mol. The molecule has 0 aromatic heterocycles. The minimum atomic E-state index is -1.80. The first-order chi connectivity index (χ1) is 20.5. The molecule has 12 heteroatoms. The van der Waals surface area contributed by atoms with Crippen molar-refractivity contribution in [1.82, 2.24) is 4.90 Å². The van der Waals surface area contributed by atoms with E-state index in [-0.39, 0.29) is 64.4 Å². The number of carbonyl (C=O) groups is 2. The summed E-state index contributed by atoms with van der Waals surface area (Å²) < 4.78 is 23.2. The number of nitrogens with zero attached hydrogens (tertiary/aromatic N) is 1. The normalized spacial score (nSPS) is 31.6. The summed E-state index contributed by atoms with van der Waals surface area (Å²) in [6.45, 7) is 5.43. The average Bonchev–Trinajstić information content (AvgIpc) is 2.99. The number of benzene rings is 2. The van der Waals surface area contributed by atoms with Gasteiger partial charge >= 0.3 is 0 Å². The summed E-state index contributed by atoms with van der Waals surface area (Å²) >= 11 is 0. The third-order valence-corrected chi connectivity index (χ3v) is 9.39. The Morgan fingerprint density at radius 1 is 1.07 bits per heavy atom. The van der Waals surface area contributed by atoms with Gasteiger partial charge in [0.2, 0.25) is 5.78 Å². The summed E-state index contributed by atoms with van der Waals surface area (Å²) in [5, 5.41) is 56.2. The van der Waals surface area contributed by atoms with Crippen molar-refractivity contribution in [3.05, 3.63) is 51.6 Å². The van der Waals surface area contributed by atoms with Crippen LogP contribution in [0.3, 0.4) is 0 Å². The Labute approximate surface area is 248 Å². The Balaban J connectivity index is 1.44. The number of aromatic hydroxyl groups is 2. The highest BCUT2D eigenvalue weighted by Crippen LogP contribution is 2.53. The molecule has 4 unspecified atom stereocenters. The summed E-state index contributed by atoms with van der Waals surface area (Å²) in [4.78, 5) is 29.6. The molecule has 2 aromatic rings. The first-order valence-corrected chi connectivity index (χ1v) is 14.5. The maximum absolute atomic E-state index is 13.8. The van der Waals surface area contributed by atoms with E-state index in [9.17, 15) is 35.1 Å². The van der Waals surface area contributed by atoms with E-state index in [1.807, 2.05) is 0 Å². The number of aliphatic hydroxyl groups is 3. The van der Waals surface area contributed by atoms with Crippen LogP contribution in [0.25, 0.3) is 0 Å². The average molecular weight is 600 g/mol. The number of aliphatic hydroxyl groups excluding tert-OH is 2. The van der Waals surface area contributed by atoms with Gasteiger partial charge in [0, 0.05) is 55.1 Å². The zero-order chi connectivity index (χ0) is 30.8. The first-order valence-electron chi connectivity index (χ1n) is 14.5. The zero-order valence-electron chi connectivity index (χ0n) is 24.3.